The van der Waals surface area contributed by atoms with E-state index in [1.165, 1.54) is 13.0 Å². The molecule has 1 fully saturated rings. The molecule has 3 aromatic rings. The van der Waals surface area contributed by atoms with E-state index in [1.807, 2.05) is 0 Å². The Balaban J connectivity index is 1.57. The van der Waals surface area contributed by atoms with Crippen LogP contribution in [0.2, 0.25) is 0 Å². The molecule has 8 nitrogen and oxygen atoms in total. The number of carbonyl (C=O) groups is 1. The number of hydrogen-bond acceptors (Lipinski definition) is 7. The predicted molar refractivity (Wildman–Crippen MR) is 128 cm³/mol. The van der Waals surface area contributed by atoms with Crippen LogP contribution in [-0.2, 0) is 27.4 Å². The molecule has 1 aromatic carbocycles. The molecule has 3 heterocycles. The molecule has 4 rings (SSSR count). The summed E-state index contributed by atoms with van der Waals surface area (Å²) in [5, 5.41) is 0. The summed E-state index contributed by atoms with van der Waals surface area (Å²) in [4.78, 5) is 23.2. The van der Waals surface area contributed by atoms with E-state index in [9.17, 15) is 43.9 Å². The van der Waals surface area contributed by atoms with Gasteiger partial charge >= 0.3 is 12.8 Å². The maximum Gasteiger partial charge on any atom is 0.451 e. The third-order valence-electron chi connectivity index (χ3n) is 6.43. The van der Waals surface area contributed by atoms with Gasteiger partial charge in [0, 0.05) is 42.1 Å². The fraction of sp³-hybridized carbons (Fsp3) is 0.360. The molecular weight excluding hydrogens is 585 g/mol. The minimum Gasteiger partial charge on any atom is -0.433 e. The fourth-order valence-electron chi connectivity index (χ4n) is 4.42. The highest BCUT2D eigenvalue weighted by Gasteiger charge is 2.48. The first-order chi connectivity index (χ1) is 19.2. The van der Waals surface area contributed by atoms with Gasteiger partial charge in [-0.15, -0.1) is 0 Å². The van der Waals surface area contributed by atoms with Crippen LogP contribution in [0.4, 0.5) is 30.7 Å². The SMILES string of the molecule is C[C@H]1[C@H](F)C[C@@H](C(=O)CCc2cc(-c3cnc(C(F)(F)F)nc3)c(OC(F)F)cn2)N1S(=O)(=O)c1ccc(F)cc1. The van der Waals surface area contributed by atoms with Gasteiger partial charge in [0.25, 0.3) is 0 Å². The number of Topliss-reactive ketones (excluding diaryl/α,β-unsaturated/α-hetero) is 1. The highest BCUT2D eigenvalue weighted by molar-refractivity contribution is 7.89. The van der Waals surface area contributed by atoms with E-state index in [1.54, 1.807) is 0 Å². The van der Waals surface area contributed by atoms with E-state index >= 15 is 0 Å². The van der Waals surface area contributed by atoms with Gasteiger partial charge in [-0.2, -0.15) is 26.3 Å². The number of rotatable bonds is 9. The van der Waals surface area contributed by atoms with Crippen molar-refractivity contribution in [3.05, 3.63) is 66.3 Å². The number of aromatic nitrogens is 3. The van der Waals surface area contributed by atoms with Gasteiger partial charge in [0.05, 0.1) is 23.2 Å². The van der Waals surface area contributed by atoms with Crippen LogP contribution in [0.5, 0.6) is 5.75 Å². The smallest absolute Gasteiger partial charge is 0.433 e. The molecule has 1 saturated heterocycles. The van der Waals surface area contributed by atoms with Crippen LogP contribution < -0.4 is 4.74 Å². The summed E-state index contributed by atoms with van der Waals surface area (Å²) in [7, 11) is -4.38. The van der Waals surface area contributed by atoms with Gasteiger partial charge in [-0.1, -0.05) is 0 Å². The predicted octanol–water partition coefficient (Wildman–Crippen LogP) is 4.99. The lowest BCUT2D eigenvalue weighted by Gasteiger charge is -2.26. The summed E-state index contributed by atoms with van der Waals surface area (Å²) in [6.07, 6.45) is -4.99. The zero-order valence-corrected chi connectivity index (χ0v) is 21.8. The molecule has 1 aliphatic rings. The fourth-order valence-corrected chi connectivity index (χ4v) is 6.25. The first-order valence-electron chi connectivity index (χ1n) is 12.0. The van der Waals surface area contributed by atoms with E-state index in [-0.39, 0.29) is 34.6 Å². The van der Waals surface area contributed by atoms with Gasteiger partial charge < -0.3 is 4.74 Å². The Labute approximate surface area is 229 Å². The number of pyridine rings is 1. The van der Waals surface area contributed by atoms with Crippen LogP contribution in [0.3, 0.4) is 0 Å². The molecule has 1 aliphatic heterocycles. The highest BCUT2D eigenvalue weighted by atomic mass is 32.2. The van der Waals surface area contributed by atoms with Crippen molar-refractivity contribution in [3.63, 3.8) is 0 Å². The van der Waals surface area contributed by atoms with Crippen molar-refractivity contribution in [2.75, 3.05) is 0 Å². The van der Waals surface area contributed by atoms with Gasteiger partial charge in [0.15, 0.2) is 11.5 Å². The molecule has 0 spiro atoms. The van der Waals surface area contributed by atoms with Gasteiger partial charge in [-0.05, 0) is 43.7 Å². The lowest BCUT2D eigenvalue weighted by molar-refractivity contribution is -0.145. The number of aryl methyl sites for hydroxylation is 1. The Morgan fingerprint density at radius 1 is 1.10 bits per heavy atom. The van der Waals surface area contributed by atoms with Crippen LogP contribution in [0, 0.1) is 5.82 Å². The minimum atomic E-state index is -4.83. The molecule has 0 radical (unpaired) electrons. The molecule has 0 unspecified atom stereocenters. The molecule has 0 bridgehead atoms. The third-order valence-corrected chi connectivity index (χ3v) is 8.44. The Bertz CT molecular complexity index is 1500. The average Bonchev–Trinajstić information content (AvgIpc) is 3.22. The van der Waals surface area contributed by atoms with E-state index in [0.29, 0.717) is 0 Å². The van der Waals surface area contributed by atoms with Crippen LogP contribution in [0.1, 0.15) is 31.3 Å². The third kappa shape index (κ3) is 6.64. The van der Waals surface area contributed by atoms with E-state index in [4.69, 9.17) is 0 Å². The lowest BCUT2D eigenvalue weighted by atomic mass is 10.0. The number of alkyl halides is 6. The van der Waals surface area contributed by atoms with Crippen LogP contribution in [-0.4, -0.2) is 58.3 Å². The first kappa shape index (κ1) is 30.3. The van der Waals surface area contributed by atoms with E-state index < -0.39 is 70.7 Å². The summed E-state index contributed by atoms with van der Waals surface area (Å²) in [5.74, 6) is -3.28. The van der Waals surface area contributed by atoms with Crippen molar-refractivity contribution >= 4 is 15.8 Å². The Kier molecular flexibility index (Phi) is 8.63. The average molecular weight is 607 g/mol. The molecule has 2 aromatic heterocycles. The topological polar surface area (TPSA) is 102 Å². The minimum absolute atomic E-state index is 0.106. The standard InChI is InChI=1S/C25H21F7N4O4S/c1-13-19(27)9-20(36(13)41(38,39)17-5-2-15(26)3-6-17)21(37)7-4-16-8-18(22(12-33-16)40-24(28)29)14-10-34-23(35-11-14)25(30,31)32/h2-3,5-6,8,10-13,19-20,24H,4,7,9H2,1H3/t13-,19+,20-/m0/s1. The number of sulfonamides is 1. The van der Waals surface area contributed by atoms with E-state index in [0.717, 1.165) is 47.2 Å². The molecule has 0 amide bonds. The Hall–Kier alpha value is -3.66. The Morgan fingerprint density at radius 3 is 2.32 bits per heavy atom. The van der Waals surface area contributed by atoms with Crippen molar-refractivity contribution in [1.82, 2.24) is 19.3 Å². The molecule has 16 heteroatoms. The molecular formula is C25H21F7N4O4S. The summed E-state index contributed by atoms with van der Waals surface area (Å²) in [5.41, 5.74) is -0.119. The summed E-state index contributed by atoms with van der Waals surface area (Å²) >= 11 is 0. The quantitative estimate of drug-likeness (QED) is 0.317. The zero-order valence-electron chi connectivity index (χ0n) is 21.0. The second kappa shape index (κ2) is 11.7. The number of ether oxygens (including phenoxy) is 1. The number of halogens is 7. The highest BCUT2D eigenvalue weighted by Crippen LogP contribution is 2.35. The van der Waals surface area contributed by atoms with Crippen molar-refractivity contribution in [1.29, 1.82) is 0 Å². The summed E-state index contributed by atoms with van der Waals surface area (Å²) in [6.45, 7) is -1.98. The first-order valence-corrected chi connectivity index (χ1v) is 13.4. The number of carbonyl (C=O) groups excluding carboxylic acids is 1. The maximum absolute atomic E-state index is 14.7. The van der Waals surface area contributed by atoms with Gasteiger partial charge in [-0.3, -0.25) is 9.78 Å². The van der Waals surface area contributed by atoms with Crippen molar-refractivity contribution < 1.29 is 48.7 Å². The van der Waals surface area contributed by atoms with Crippen LogP contribution in [0.25, 0.3) is 11.1 Å². The summed E-state index contributed by atoms with van der Waals surface area (Å²) < 4.78 is 124. The normalized spacial score (nSPS) is 20.0. The van der Waals surface area contributed by atoms with Gasteiger partial charge in [0.2, 0.25) is 15.8 Å². The second-order valence-corrected chi connectivity index (χ2v) is 10.9. The van der Waals surface area contributed by atoms with Crippen molar-refractivity contribution in [2.45, 2.75) is 62.1 Å². The molecule has 0 N–H and O–H groups in total. The molecule has 41 heavy (non-hydrogen) atoms. The summed E-state index contributed by atoms with van der Waals surface area (Å²) in [6, 6.07) is 2.48. The van der Waals surface area contributed by atoms with Gasteiger partial charge in [0.1, 0.15) is 12.0 Å². The molecule has 0 saturated carbocycles. The zero-order chi connectivity index (χ0) is 30.1. The van der Waals surface area contributed by atoms with Crippen LogP contribution in [0.15, 0.2) is 53.8 Å². The molecule has 0 aliphatic carbocycles. The van der Waals surface area contributed by atoms with Crippen molar-refractivity contribution in [2.24, 2.45) is 0 Å². The van der Waals surface area contributed by atoms with Gasteiger partial charge in [-0.25, -0.2) is 27.2 Å². The van der Waals surface area contributed by atoms with Crippen LogP contribution >= 0.6 is 0 Å². The number of nitrogens with zero attached hydrogens (tertiary/aromatic N) is 4. The van der Waals surface area contributed by atoms with E-state index in [2.05, 4.69) is 19.7 Å². The number of hydrogen-bond donors (Lipinski definition) is 0. The molecule has 3 atom stereocenters. The second-order valence-electron chi connectivity index (χ2n) is 9.11. The monoisotopic (exact) mass is 606 g/mol. The maximum atomic E-state index is 14.7. The largest absolute Gasteiger partial charge is 0.451 e. The Morgan fingerprint density at radius 2 is 1.73 bits per heavy atom. The lowest BCUT2D eigenvalue weighted by Crippen LogP contribution is -2.44. The number of benzene rings is 1. The number of ketones is 1. The molecule has 220 valence electrons. The van der Waals surface area contributed by atoms with Crippen molar-refractivity contribution in [3.8, 4) is 16.9 Å².